The summed E-state index contributed by atoms with van der Waals surface area (Å²) in [5, 5.41) is 0. The molecule has 5 nitrogen and oxygen atoms in total. The van der Waals surface area contributed by atoms with Crippen molar-refractivity contribution in [2.24, 2.45) is 0 Å². The van der Waals surface area contributed by atoms with Crippen LogP contribution >= 0.6 is 0 Å². The third-order valence-electron chi connectivity index (χ3n) is 3.70. The van der Waals surface area contributed by atoms with Crippen LogP contribution in [0.15, 0.2) is 53.4 Å². The lowest BCUT2D eigenvalue weighted by atomic mass is 10.2. The van der Waals surface area contributed by atoms with E-state index in [2.05, 4.69) is 4.72 Å². The van der Waals surface area contributed by atoms with Crippen molar-refractivity contribution in [2.45, 2.75) is 24.5 Å². The molecule has 122 valence electrons. The van der Waals surface area contributed by atoms with Gasteiger partial charge in [-0.3, -0.25) is 4.72 Å². The van der Waals surface area contributed by atoms with Crippen molar-refractivity contribution < 1.29 is 17.9 Å². The summed E-state index contributed by atoms with van der Waals surface area (Å²) >= 11 is 0. The van der Waals surface area contributed by atoms with Gasteiger partial charge in [-0.05, 0) is 36.2 Å². The van der Waals surface area contributed by atoms with Crippen LogP contribution in [0.2, 0.25) is 0 Å². The van der Waals surface area contributed by atoms with Crippen LogP contribution < -0.4 is 4.72 Å². The van der Waals surface area contributed by atoms with E-state index in [1.807, 2.05) is 19.1 Å². The van der Waals surface area contributed by atoms with E-state index < -0.39 is 10.0 Å². The van der Waals surface area contributed by atoms with Crippen LogP contribution in [0.4, 0.5) is 5.69 Å². The molecule has 6 heteroatoms. The first kappa shape index (κ1) is 16.0. The van der Waals surface area contributed by atoms with Gasteiger partial charge in [-0.1, -0.05) is 31.2 Å². The number of aryl methyl sites for hydroxylation is 1. The van der Waals surface area contributed by atoms with E-state index in [0.717, 1.165) is 17.5 Å². The quantitative estimate of drug-likeness (QED) is 0.913. The molecule has 1 N–H and O–H groups in total. The minimum Gasteiger partial charge on any atom is -0.346 e. The molecule has 0 aliphatic carbocycles. The van der Waals surface area contributed by atoms with Gasteiger partial charge in [0.1, 0.15) is 0 Å². The van der Waals surface area contributed by atoms with Gasteiger partial charge in [0, 0.05) is 11.3 Å². The summed E-state index contributed by atoms with van der Waals surface area (Å²) in [6.45, 7) is 3.18. The highest BCUT2D eigenvalue weighted by Gasteiger charge is 2.19. The zero-order chi connectivity index (χ0) is 16.3. The predicted molar refractivity (Wildman–Crippen MR) is 87.7 cm³/mol. The Morgan fingerprint density at radius 2 is 1.61 bits per heavy atom. The fourth-order valence-electron chi connectivity index (χ4n) is 2.38. The first-order chi connectivity index (χ1) is 11.1. The van der Waals surface area contributed by atoms with Crippen molar-refractivity contribution in [3.05, 3.63) is 59.7 Å². The van der Waals surface area contributed by atoms with Crippen molar-refractivity contribution >= 4 is 15.7 Å². The van der Waals surface area contributed by atoms with Gasteiger partial charge in [0.25, 0.3) is 10.0 Å². The maximum atomic E-state index is 12.4. The summed E-state index contributed by atoms with van der Waals surface area (Å²) in [6.07, 6.45) is 0.516. The smallest absolute Gasteiger partial charge is 0.261 e. The zero-order valence-corrected chi connectivity index (χ0v) is 13.7. The Morgan fingerprint density at radius 1 is 1.00 bits per heavy atom. The summed E-state index contributed by atoms with van der Waals surface area (Å²) in [5.74, 6) is 0. The van der Waals surface area contributed by atoms with E-state index in [-0.39, 0.29) is 11.2 Å². The lowest BCUT2D eigenvalue weighted by Gasteiger charge is -2.12. The van der Waals surface area contributed by atoms with Crippen molar-refractivity contribution in [1.82, 2.24) is 0 Å². The molecule has 3 rings (SSSR count). The number of nitrogens with one attached hydrogen (secondary N) is 1. The van der Waals surface area contributed by atoms with Crippen molar-refractivity contribution in [3.63, 3.8) is 0 Å². The van der Waals surface area contributed by atoms with Crippen LogP contribution in [0.5, 0.6) is 0 Å². The summed E-state index contributed by atoms with van der Waals surface area (Å²) < 4.78 is 38.2. The van der Waals surface area contributed by atoms with Crippen LogP contribution in [0.1, 0.15) is 24.3 Å². The Hall–Kier alpha value is -1.89. The topological polar surface area (TPSA) is 64.6 Å². The molecule has 0 unspecified atom stereocenters. The van der Waals surface area contributed by atoms with Crippen LogP contribution in [-0.2, 0) is 25.9 Å². The molecule has 1 fully saturated rings. The summed E-state index contributed by atoms with van der Waals surface area (Å²) in [7, 11) is -3.58. The van der Waals surface area contributed by atoms with Crippen LogP contribution in [0.25, 0.3) is 0 Å². The number of hydrogen-bond acceptors (Lipinski definition) is 4. The average Bonchev–Trinajstić information content (AvgIpc) is 3.10. The predicted octanol–water partition coefficient (Wildman–Crippen LogP) is 3.10. The van der Waals surface area contributed by atoms with E-state index in [4.69, 9.17) is 9.47 Å². The molecular weight excluding hydrogens is 314 g/mol. The molecule has 1 saturated heterocycles. The van der Waals surface area contributed by atoms with Crippen LogP contribution in [-0.4, -0.2) is 21.6 Å². The molecule has 0 saturated carbocycles. The fourth-order valence-corrected chi connectivity index (χ4v) is 3.44. The SMILES string of the molecule is CCc1ccc(S(=O)(=O)Nc2ccc(C3OCCO3)cc2)cc1. The number of rotatable bonds is 5. The molecule has 0 aromatic heterocycles. The highest BCUT2D eigenvalue weighted by molar-refractivity contribution is 7.92. The van der Waals surface area contributed by atoms with E-state index in [0.29, 0.717) is 18.9 Å². The summed E-state index contributed by atoms with van der Waals surface area (Å²) in [5.41, 5.74) is 2.48. The lowest BCUT2D eigenvalue weighted by molar-refractivity contribution is -0.0441. The fraction of sp³-hybridized carbons (Fsp3) is 0.294. The zero-order valence-electron chi connectivity index (χ0n) is 12.9. The van der Waals surface area contributed by atoms with Gasteiger partial charge in [-0.2, -0.15) is 0 Å². The van der Waals surface area contributed by atoms with E-state index in [1.165, 1.54) is 0 Å². The minimum atomic E-state index is -3.58. The molecule has 23 heavy (non-hydrogen) atoms. The Bertz CT molecular complexity index is 748. The number of anilines is 1. The highest BCUT2D eigenvalue weighted by atomic mass is 32.2. The monoisotopic (exact) mass is 333 g/mol. The van der Waals surface area contributed by atoms with Gasteiger partial charge < -0.3 is 9.47 Å². The van der Waals surface area contributed by atoms with Gasteiger partial charge in [0.15, 0.2) is 6.29 Å². The number of sulfonamides is 1. The molecule has 2 aromatic carbocycles. The van der Waals surface area contributed by atoms with E-state index in [9.17, 15) is 8.42 Å². The first-order valence-electron chi connectivity index (χ1n) is 7.53. The molecule has 0 radical (unpaired) electrons. The van der Waals surface area contributed by atoms with Crippen molar-refractivity contribution in [1.29, 1.82) is 0 Å². The molecule has 1 aliphatic heterocycles. The average molecular weight is 333 g/mol. The molecular formula is C17H19NO4S. The number of ether oxygens (including phenoxy) is 2. The second-order valence-electron chi connectivity index (χ2n) is 5.30. The maximum Gasteiger partial charge on any atom is 0.261 e. The second kappa shape index (κ2) is 6.70. The largest absolute Gasteiger partial charge is 0.346 e. The molecule has 0 amide bonds. The van der Waals surface area contributed by atoms with Crippen LogP contribution in [0.3, 0.4) is 0 Å². The minimum absolute atomic E-state index is 0.251. The third-order valence-corrected chi connectivity index (χ3v) is 5.10. The Labute approximate surface area is 136 Å². The van der Waals surface area contributed by atoms with Crippen molar-refractivity contribution in [2.75, 3.05) is 17.9 Å². The molecule has 2 aromatic rings. The van der Waals surface area contributed by atoms with Gasteiger partial charge in [-0.15, -0.1) is 0 Å². The highest BCUT2D eigenvalue weighted by Crippen LogP contribution is 2.25. The van der Waals surface area contributed by atoms with Crippen LogP contribution in [0, 0.1) is 0 Å². The molecule has 0 spiro atoms. The Kier molecular flexibility index (Phi) is 4.66. The normalized spacial score (nSPS) is 15.7. The number of hydrogen-bond donors (Lipinski definition) is 1. The summed E-state index contributed by atoms with van der Waals surface area (Å²) in [4.78, 5) is 0.251. The van der Waals surface area contributed by atoms with Gasteiger partial charge in [0.2, 0.25) is 0 Å². The van der Waals surface area contributed by atoms with Gasteiger partial charge in [0.05, 0.1) is 18.1 Å². The third kappa shape index (κ3) is 3.72. The standard InChI is InChI=1S/C17H19NO4S/c1-2-13-3-9-16(10-4-13)23(19,20)18-15-7-5-14(6-8-15)17-21-11-12-22-17/h3-10,17-18H,2,11-12H2,1H3. The molecule has 1 heterocycles. The maximum absolute atomic E-state index is 12.4. The van der Waals surface area contributed by atoms with Gasteiger partial charge in [-0.25, -0.2) is 8.42 Å². The molecule has 0 bridgehead atoms. The van der Waals surface area contributed by atoms with Gasteiger partial charge >= 0.3 is 0 Å². The molecule has 0 atom stereocenters. The first-order valence-corrected chi connectivity index (χ1v) is 9.02. The number of benzene rings is 2. The van der Waals surface area contributed by atoms with E-state index in [1.54, 1.807) is 36.4 Å². The molecule has 1 aliphatic rings. The second-order valence-corrected chi connectivity index (χ2v) is 6.98. The Morgan fingerprint density at radius 3 is 2.17 bits per heavy atom. The Balaban J connectivity index is 1.74. The lowest BCUT2D eigenvalue weighted by Crippen LogP contribution is -2.13. The van der Waals surface area contributed by atoms with E-state index >= 15 is 0 Å². The summed E-state index contributed by atoms with van der Waals surface area (Å²) in [6, 6.07) is 13.9. The van der Waals surface area contributed by atoms with Crippen molar-refractivity contribution in [3.8, 4) is 0 Å².